The lowest BCUT2D eigenvalue weighted by Gasteiger charge is -2.17. The minimum Gasteiger partial charge on any atom is -0.0885 e. The van der Waals surface area contributed by atoms with E-state index in [1.807, 2.05) is 0 Å². The molecule has 135 valence electrons. The Balaban J connectivity index is 3.47. The zero-order chi connectivity index (χ0) is 17.3. The van der Waals surface area contributed by atoms with Crippen LogP contribution in [-0.4, -0.2) is 0 Å². The lowest BCUT2D eigenvalue weighted by atomic mass is 9.89. The van der Waals surface area contributed by atoms with Gasteiger partial charge in [-0.05, 0) is 64.7 Å². The van der Waals surface area contributed by atoms with Crippen LogP contribution in [-0.2, 0) is 0 Å². The molecule has 0 aliphatic heterocycles. The quantitative estimate of drug-likeness (QED) is 0.210. The van der Waals surface area contributed by atoms with Gasteiger partial charge < -0.3 is 0 Å². The Kier molecular flexibility index (Phi) is 16.0. The number of rotatable bonds is 15. The molecule has 0 aromatic carbocycles. The van der Waals surface area contributed by atoms with Gasteiger partial charge in [-0.3, -0.25) is 0 Å². The fraction of sp³-hybridized carbons (Fsp3) is 0.783. The summed E-state index contributed by atoms with van der Waals surface area (Å²) in [6, 6.07) is 0. The molecule has 0 saturated carbocycles. The van der Waals surface area contributed by atoms with Crippen molar-refractivity contribution in [2.75, 3.05) is 0 Å². The fourth-order valence-corrected chi connectivity index (χ4v) is 3.06. The van der Waals surface area contributed by atoms with Crippen molar-refractivity contribution in [3.8, 4) is 0 Å². The molecule has 0 heteroatoms. The Bertz CT molecular complexity index is 291. The van der Waals surface area contributed by atoms with Gasteiger partial charge in [-0.1, -0.05) is 82.6 Å². The van der Waals surface area contributed by atoms with Crippen molar-refractivity contribution < 1.29 is 0 Å². The van der Waals surface area contributed by atoms with E-state index in [1.165, 1.54) is 82.6 Å². The van der Waals surface area contributed by atoms with E-state index in [1.54, 1.807) is 0 Å². The zero-order valence-electron chi connectivity index (χ0n) is 16.6. The maximum absolute atomic E-state index is 4.22. The predicted molar refractivity (Wildman–Crippen MR) is 108 cm³/mol. The second-order valence-electron chi connectivity index (χ2n) is 7.55. The number of unbranched alkanes of at least 4 members (excludes halogenated alkanes) is 9. The molecular weight excluding hydrogens is 276 g/mol. The average Bonchev–Trinajstić information content (AvgIpc) is 2.50. The molecule has 0 heterocycles. The molecule has 23 heavy (non-hydrogen) atoms. The monoisotopic (exact) mass is 319 g/mol. The van der Waals surface area contributed by atoms with Crippen LogP contribution in [0.2, 0.25) is 0 Å². The molecule has 0 rings (SSSR count). The Morgan fingerprint density at radius 3 is 1.87 bits per heavy atom. The van der Waals surface area contributed by atoms with E-state index in [2.05, 4.69) is 52.8 Å². The minimum absolute atomic E-state index is 0.530. The summed E-state index contributed by atoms with van der Waals surface area (Å²) in [6.45, 7) is 13.1. The van der Waals surface area contributed by atoms with Crippen molar-refractivity contribution in [2.45, 2.75) is 105 Å². The van der Waals surface area contributed by atoms with Crippen molar-refractivity contribution in [2.24, 2.45) is 11.8 Å². The van der Waals surface area contributed by atoms with E-state index in [0.29, 0.717) is 11.8 Å². The third-order valence-electron chi connectivity index (χ3n) is 4.58. The van der Waals surface area contributed by atoms with Crippen LogP contribution in [0.25, 0.3) is 0 Å². The smallest absolute Gasteiger partial charge is 0.0205 e. The van der Waals surface area contributed by atoms with Gasteiger partial charge in [0.25, 0.3) is 0 Å². The summed E-state index contributed by atoms with van der Waals surface area (Å²) in [5.74, 6) is 1.20. The van der Waals surface area contributed by atoms with E-state index in [9.17, 15) is 0 Å². The highest BCUT2D eigenvalue weighted by molar-refractivity contribution is 4.99. The maximum Gasteiger partial charge on any atom is -0.0205 e. The van der Waals surface area contributed by atoms with E-state index in [4.69, 9.17) is 0 Å². The molecule has 0 aliphatic carbocycles. The van der Waals surface area contributed by atoms with Gasteiger partial charge in [0.15, 0.2) is 0 Å². The SMILES string of the molecule is [CH2]C(C)C(C=C(C)C)CCCCCC=CCCCCCCCC. The van der Waals surface area contributed by atoms with Crippen LogP contribution in [0.3, 0.4) is 0 Å². The normalized spacial score (nSPS) is 13.0. The van der Waals surface area contributed by atoms with E-state index >= 15 is 0 Å². The zero-order valence-corrected chi connectivity index (χ0v) is 16.6. The molecule has 2 unspecified atom stereocenters. The highest BCUT2D eigenvalue weighted by Gasteiger charge is 2.09. The highest BCUT2D eigenvalue weighted by atomic mass is 14.1. The predicted octanol–water partition coefficient (Wildman–Crippen LogP) is 8.30. The second-order valence-corrected chi connectivity index (χ2v) is 7.55. The van der Waals surface area contributed by atoms with Crippen LogP contribution >= 0.6 is 0 Å². The molecule has 0 amide bonds. The molecule has 0 aromatic heterocycles. The van der Waals surface area contributed by atoms with Crippen molar-refractivity contribution >= 4 is 0 Å². The second kappa shape index (κ2) is 16.3. The lowest BCUT2D eigenvalue weighted by Crippen LogP contribution is -2.06. The van der Waals surface area contributed by atoms with Crippen LogP contribution in [0.4, 0.5) is 0 Å². The Labute approximate surface area is 147 Å². The Hall–Kier alpha value is -0.520. The molecule has 0 bridgehead atoms. The largest absolute Gasteiger partial charge is 0.0885 e. The van der Waals surface area contributed by atoms with Gasteiger partial charge in [0.2, 0.25) is 0 Å². The summed E-state index contributed by atoms with van der Waals surface area (Å²) in [7, 11) is 0. The summed E-state index contributed by atoms with van der Waals surface area (Å²) in [5, 5.41) is 0. The first kappa shape index (κ1) is 22.5. The highest BCUT2D eigenvalue weighted by Crippen LogP contribution is 2.21. The molecule has 0 fully saturated rings. The van der Waals surface area contributed by atoms with Gasteiger partial charge in [0, 0.05) is 0 Å². The molecule has 0 aliphatic rings. The molecule has 0 aromatic rings. The number of allylic oxidation sites excluding steroid dienone is 4. The molecule has 0 saturated heterocycles. The molecule has 2 atom stereocenters. The van der Waals surface area contributed by atoms with E-state index in [0.717, 1.165) is 0 Å². The molecule has 0 spiro atoms. The summed E-state index contributed by atoms with van der Waals surface area (Å²) in [4.78, 5) is 0. The van der Waals surface area contributed by atoms with Gasteiger partial charge in [0.1, 0.15) is 0 Å². The van der Waals surface area contributed by atoms with Gasteiger partial charge in [0.05, 0.1) is 0 Å². The topological polar surface area (TPSA) is 0 Å². The summed E-state index contributed by atoms with van der Waals surface area (Å²) in [6.07, 6.45) is 23.6. The Morgan fingerprint density at radius 2 is 1.35 bits per heavy atom. The average molecular weight is 320 g/mol. The summed E-state index contributed by atoms with van der Waals surface area (Å²) < 4.78 is 0. The summed E-state index contributed by atoms with van der Waals surface area (Å²) >= 11 is 0. The van der Waals surface area contributed by atoms with Crippen molar-refractivity contribution in [1.29, 1.82) is 0 Å². The molecular formula is C23H43. The Morgan fingerprint density at radius 1 is 0.826 bits per heavy atom. The van der Waals surface area contributed by atoms with Crippen LogP contribution in [0.1, 0.15) is 105 Å². The van der Waals surface area contributed by atoms with E-state index < -0.39 is 0 Å². The fourth-order valence-electron chi connectivity index (χ4n) is 3.06. The lowest BCUT2D eigenvalue weighted by molar-refractivity contribution is 0.445. The minimum atomic E-state index is 0.530. The van der Waals surface area contributed by atoms with Crippen molar-refractivity contribution in [3.05, 3.63) is 30.7 Å². The van der Waals surface area contributed by atoms with Crippen molar-refractivity contribution in [1.82, 2.24) is 0 Å². The van der Waals surface area contributed by atoms with E-state index in [-0.39, 0.29) is 0 Å². The third kappa shape index (κ3) is 16.1. The maximum atomic E-state index is 4.22. The molecule has 1 radical (unpaired) electrons. The van der Waals surface area contributed by atoms with Gasteiger partial charge >= 0.3 is 0 Å². The summed E-state index contributed by atoms with van der Waals surface area (Å²) in [5.41, 5.74) is 1.43. The van der Waals surface area contributed by atoms with Gasteiger partial charge in [-0.2, -0.15) is 0 Å². The molecule has 0 nitrogen and oxygen atoms in total. The van der Waals surface area contributed by atoms with Gasteiger partial charge in [-0.25, -0.2) is 0 Å². The standard InChI is InChI=1S/C23H43/c1-6-7-8-9-10-11-12-13-14-15-16-17-18-19-23(22(4)5)20-21(2)3/h13-14,20,22-23H,4,6-12,15-19H2,1-3,5H3. The number of hydrogen-bond acceptors (Lipinski definition) is 0. The van der Waals surface area contributed by atoms with Crippen LogP contribution in [0.5, 0.6) is 0 Å². The first-order valence-electron chi connectivity index (χ1n) is 10.2. The van der Waals surface area contributed by atoms with Crippen molar-refractivity contribution in [3.63, 3.8) is 0 Å². The van der Waals surface area contributed by atoms with Crippen LogP contribution < -0.4 is 0 Å². The number of hydrogen-bond donors (Lipinski definition) is 0. The van der Waals surface area contributed by atoms with Crippen LogP contribution in [0, 0.1) is 18.8 Å². The first-order chi connectivity index (χ1) is 11.1. The van der Waals surface area contributed by atoms with Gasteiger partial charge in [-0.15, -0.1) is 0 Å². The third-order valence-corrected chi connectivity index (χ3v) is 4.58. The molecule has 0 N–H and O–H groups in total. The van der Waals surface area contributed by atoms with Crippen LogP contribution in [0.15, 0.2) is 23.8 Å². The first-order valence-corrected chi connectivity index (χ1v) is 10.2.